The first-order valence-corrected chi connectivity index (χ1v) is 4.81. The van der Waals surface area contributed by atoms with Gasteiger partial charge in [-0.25, -0.2) is 0 Å². The number of hydrogen-bond donors (Lipinski definition) is 4. The number of carbonyl (C=O) groups excluding carboxylic acids is 4. The Kier molecular flexibility index (Phi) is 60.1. The Morgan fingerprint density at radius 3 is 0.609 bits per heavy atom. The van der Waals surface area contributed by atoms with Crippen LogP contribution in [0, 0.1) is 0 Å². The summed E-state index contributed by atoms with van der Waals surface area (Å²) in [5.74, 6) is -5.76. The monoisotopic (exact) mass is 376 g/mol. The van der Waals surface area contributed by atoms with Crippen LogP contribution in [0.3, 0.4) is 0 Å². The van der Waals surface area contributed by atoms with Crippen LogP contribution in [0.1, 0.15) is 0 Å². The number of aliphatic hydroxyl groups is 4. The van der Waals surface area contributed by atoms with Gasteiger partial charge in [0.05, 0.1) is 50.3 Å². The number of aliphatic hydroxyl groups excluding tert-OH is 4. The molecule has 132 valence electrons. The Morgan fingerprint density at radius 2 is 0.609 bits per heavy atom. The molecule has 0 aromatic carbocycles. The predicted octanol–water partition coefficient (Wildman–Crippen LogP) is -8.29. The second-order valence-corrected chi connectivity index (χ2v) is 2.12. The maximum atomic E-state index is 9.01. The number of carboxylic acids is 4. The van der Waals surface area contributed by atoms with Crippen LogP contribution < -0.4 is 20.4 Å². The van der Waals surface area contributed by atoms with E-state index in [0.717, 1.165) is 0 Å². The third-order valence-electron chi connectivity index (χ3n) is 0.516. The molecule has 0 unspecified atom stereocenters. The number of rotatable bonds is 4. The molecule has 0 aromatic rings. The molecule has 0 amide bonds. The quantitative estimate of drug-likeness (QED) is 0.264. The molecule has 4 N–H and O–H groups in total. The fraction of sp³-hybridized carbons (Fsp3) is 0.400. The van der Waals surface area contributed by atoms with Crippen LogP contribution in [0.25, 0.3) is 0 Å². The second-order valence-electron chi connectivity index (χ2n) is 2.12. The average Bonchev–Trinajstić information content (AvgIpc) is 2.50. The van der Waals surface area contributed by atoms with Crippen molar-refractivity contribution in [2.45, 2.75) is 0 Å². The average molecular weight is 376 g/mol. The molecule has 23 heavy (non-hydrogen) atoms. The number of carboxylic acid groups (broad SMARTS) is 4. The minimum Gasteiger partial charge on any atom is -0.548 e. The van der Waals surface area contributed by atoms with E-state index in [2.05, 4.69) is 13.2 Å². The van der Waals surface area contributed by atoms with Crippen LogP contribution in [0.5, 0.6) is 0 Å². The Hall–Kier alpha value is -1.83. The third-order valence-corrected chi connectivity index (χ3v) is 0.516. The van der Waals surface area contributed by atoms with E-state index in [9.17, 15) is 0 Å². The van der Waals surface area contributed by atoms with Crippen molar-refractivity contribution in [1.82, 2.24) is 0 Å². The minimum absolute atomic E-state index is 0. The fourth-order valence-corrected chi connectivity index (χ4v) is 0. The van der Waals surface area contributed by atoms with E-state index in [1.54, 1.807) is 0 Å². The van der Waals surface area contributed by atoms with Crippen molar-refractivity contribution >= 4 is 23.9 Å². The molecule has 0 aliphatic heterocycles. The Morgan fingerprint density at radius 1 is 0.565 bits per heavy atom. The topological polar surface area (TPSA) is 241 Å². The zero-order chi connectivity index (χ0) is 19.1. The van der Waals surface area contributed by atoms with Gasteiger partial charge in [0, 0.05) is 0 Å². The Labute approximate surface area is 145 Å². The number of carbonyl (C=O) groups is 4. The van der Waals surface area contributed by atoms with Crippen molar-refractivity contribution in [3.8, 4) is 0 Å². The predicted molar refractivity (Wildman–Crippen MR) is 59.6 cm³/mol. The van der Waals surface area contributed by atoms with E-state index in [1.807, 2.05) is 0 Å². The van der Waals surface area contributed by atoms with Gasteiger partial charge in [-0.3, -0.25) is 0 Å². The third kappa shape index (κ3) is 175. The summed E-state index contributed by atoms with van der Waals surface area (Å²) in [5, 5.41) is 66.0. The van der Waals surface area contributed by atoms with Gasteiger partial charge in [-0.05, 0) is 0 Å². The van der Waals surface area contributed by atoms with Gasteiger partial charge >= 0.3 is 21.7 Å². The van der Waals surface area contributed by atoms with Crippen molar-refractivity contribution in [2.75, 3.05) is 26.4 Å². The Bertz CT molecular complexity index is 238. The zero-order valence-corrected chi connectivity index (χ0v) is 13.4. The van der Waals surface area contributed by atoms with Gasteiger partial charge < -0.3 is 60.0 Å². The van der Waals surface area contributed by atoms with Crippen LogP contribution in [-0.4, -0.2) is 70.7 Å². The fourth-order valence-electron chi connectivity index (χ4n) is 0. The summed E-state index contributed by atoms with van der Waals surface area (Å²) in [5.41, 5.74) is 0. The summed E-state index contributed by atoms with van der Waals surface area (Å²) in [6.45, 7) is 2.44. The molecule has 0 saturated heterocycles. The summed E-state index contributed by atoms with van der Waals surface area (Å²) < 4.78 is 0. The van der Waals surface area contributed by atoms with Crippen molar-refractivity contribution in [2.24, 2.45) is 0 Å². The normalized spacial score (nSPS) is 6.61. The minimum atomic E-state index is -1.44. The van der Waals surface area contributed by atoms with Gasteiger partial charge in [0.15, 0.2) is 0 Å². The van der Waals surface area contributed by atoms with Crippen LogP contribution in [-0.2, 0) is 40.9 Å². The summed E-state index contributed by atoms with van der Waals surface area (Å²) >= 11 is 0. The van der Waals surface area contributed by atoms with E-state index in [0.29, 0.717) is 0 Å². The van der Waals surface area contributed by atoms with Crippen molar-refractivity contribution in [1.29, 1.82) is 0 Å². The maximum absolute atomic E-state index is 9.01. The van der Waals surface area contributed by atoms with E-state index in [1.165, 1.54) is 0 Å². The maximum Gasteiger partial charge on any atom is 4.00 e. The molecule has 0 saturated carbocycles. The van der Waals surface area contributed by atoms with Crippen LogP contribution in [0.4, 0.5) is 0 Å². The second kappa shape index (κ2) is 36.9. The molecule has 0 radical (unpaired) electrons. The first kappa shape index (κ1) is 37.4. The molecule has 0 rings (SSSR count). The van der Waals surface area contributed by atoms with Crippen LogP contribution in [0.15, 0.2) is 13.2 Å². The molecule has 0 bridgehead atoms. The molecule has 0 aliphatic rings. The molecule has 12 nitrogen and oxygen atoms in total. The molecule has 0 fully saturated rings. The molecule has 0 aliphatic carbocycles. The van der Waals surface area contributed by atoms with Crippen molar-refractivity contribution in [3.05, 3.63) is 13.2 Å². The van der Waals surface area contributed by atoms with E-state index in [-0.39, 0.29) is 21.7 Å². The van der Waals surface area contributed by atoms with Crippen LogP contribution in [0.2, 0.25) is 0 Å². The molecule has 0 aromatic heterocycles. The van der Waals surface area contributed by atoms with E-state index in [4.69, 9.17) is 60.0 Å². The van der Waals surface area contributed by atoms with Crippen LogP contribution >= 0.6 is 0 Å². The molecule has 0 atom stereocenters. The summed E-state index contributed by atoms with van der Waals surface area (Å²) in [4.78, 5) is 36.0. The molecule has 0 spiro atoms. The number of hydrogen-bond acceptors (Lipinski definition) is 12. The van der Waals surface area contributed by atoms with E-state index < -0.39 is 50.3 Å². The Balaban J connectivity index is -0.0000000398. The molecular weight excluding hydrogens is 360 g/mol. The van der Waals surface area contributed by atoms with Gasteiger partial charge in [0.1, 0.15) is 0 Å². The molecular formula is C10H16O12Ti. The SMILES string of the molecule is C=C.O=C([O-])CO.O=C([O-])CO.O=C([O-])CO.O=C([O-])CO.[Ti+4]. The van der Waals surface area contributed by atoms with Gasteiger partial charge in [0.25, 0.3) is 0 Å². The van der Waals surface area contributed by atoms with Gasteiger partial charge in [-0.15, -0.1) is 13.2 Å². The van der Waals surface area contributed by atoms with Gasteiger partial charge in [-0.1, -0.05) is 0 Å². The molecule has 13 heteroatoms. The van der Waals surface area contributed by atoms with Gasteiger partial charge in [-0.2, -0.15) is 0 Å². The smallest absolute Gasteiger partial charge is 0.548 e. The van der Waals surface area contributed by atoms with Crippen molar-refractivity contribution < 1.29 is 81.7 Å². The molecule has 0 heterocycles. The number of aliphatic carboxylic acids is 4. The summed E-state index contributed by atoms with van der Waals surface area (Å²) in [6.07, 6.45) is 0. The van der Waals surface area contributed by atoms with Crippen molar-refractivity contribution in [3.63, 3.8) is 0 Å². The summed E-state index contributed by atoms with van der Waals surface area (Å²) in [7, 11) is 0. The first-order chi connectivity index (χ1) is 10.1. The zero-order valence-electron chi connectivity index (χ0n) is 11.8. The first-order valence-electron chi connectivity index (χ1n) is 4.81. The standard InChI is InChI=1S/4C2H4O3.C2H4.Ti/c4*3-1-2(4)5;1-2;/h4*3H,1H2,(H,4,5);1-2H2;/q;;;;;+4/p-4. The summed E-state index contributed by atoms with van der Waals surface area (Å²) in [6, 6.07) is 0. The van der Waals surface area contributed by atoms with E-state index >= 15 is 0 Å². The van der Waals surface area contributed by atoms with Gasteiger partial charge in [0.2, 0.25) is 0 Å². The largest absolute Gasteiger partial charge is 4.00 e.